The van der Waals surface area contributed by atoms with Crippen molar-refractivity contribution in [1.82, 2.24) is 9.97 Å². The van der Waals surface area contributed by atoms with Crippen molar-refractivity contribution in [1.29, 1.82) is 0 Å². The molecule has 4 nitrogen and oxygen atoms in total. The van der Waals surface area contributed by atoms with Gasteiger partial charge in [0.2, 0.25) is 5.88 Å². The molecule has 0 spiro atoms. The van der Waals surface area contributed by atoms with Gasteiger partial charge in [0.15, 0.2) is 0 Å². The average molecular weight is 322 g/mol. The number of nitrogens with two attached hydrogens (primary N) is 1. The third-order valence-corrected chi connectivity index (χ3v) is 3.49. The minimum atomic E-state index is 0.365. The van der Waals surface area contributed by atoms with E-state index in [1.165, 1.54) is 24.7 Å². The van der Waals surface area contributed by atoms with E-state index in [9.17, 15) is 0 Å². The van der Waals surface area contributed by atoms with Crippen LogP contribution in [0.3, 0.4) is 0 Å². The van der Waals surface area contributed by atoms with E-state index in [0.29, 0.717) is 16.2 Å². The number of aryl methyl sites for hydroxylation is 1. The van der Waals surface area contributed by atoms with E-state index in [2.05, 4.69) is 45.0 Å². The van der Waals surface area contributed by atoms with E-state index in [0.717, 1.165) is 12.2 Å². The molecule has 0 radical (unpaired) electrons. The lowest BCUT2D eigenvalue weighted by Crippen LogP contribution is -1.96. The van der Waals surface area contributed by atoms with Gasteiger partial charge < -0.3 is 10.5 Å². The van der Waals surface area contributed by atoms with Gasteiger partial charge in [-0.2, -0.15) is 0 Å². The van der Waals surface area contributed by atoms with Crippen LogP contribution in [0, 0.1) is 0 Å². The van der Waals surface area contributed by atoms with Crippen LogP contribution in [0.2, 0.25) is 0 Å². The van der Waals surface area contributed by atoms with Crippen molar-refractivity contribution in [2.45, 2.75) is 26.2 Å². The maximum Gasteiger partial charge on any atom is 0.238 e. The van der Waals surface area contributed by atoms with Crippen LogP contribution in [0.5, 0.6) is 11.6 Å². The van der Waals surface area contributed by atoms with Crippen LogP contribution in [0.4, 0.5) is 5.82 Å². The highest BCUT2D eigenvalue weighted by Crippen LogP contribution is 2.30. The first-order valence-electron chi connectivity index (χ1n) is 6.23. The second-order valence-electron chi connectivity index (χ2n) is 4.23. The molecule has 0 aliphatic rings. The summed E-state index contributed by atoms with van der Waals surface area (Å²) in [5, 5.41) is 0. The largest absolute Gasteiger partial charge is 0.438 e. The first-order chi connectivity index (χ1) is 9.20. The molecule has 100 valence electrons. The molecule has 2 N–H and O–H groups in total. The summed E-state index contributed by atoms with van der Waals surface area (Å²) < 4.78 is 6.25. The standard InChI is InChI=1S/C14H16BrN3O/c1-2-3-4-10-5-7-11(8-6-10)19-14-12(15)13(16)17-9-18-14/h5-9H,2-4H2,1H3,(H2,16,17,18). The monoisotopic (exact) mass is 321 g/mol. The number of rotatable bonds is 5. The molecule has 0 saturated heterocycles. The van der Waals surface area contributed by atoms with E-state index >= 15 is 0 Å². The zero-order valence-corrected chi connectivity index (χ0v) is 12.4. The second-order valence-corrected chi connectivity index (χ2v) is 5.02. The number of aromatic nitrogens is 2. The zero-order chi connectivity index (χ0) is 13.7. The Balaban J connectivity index is 2.09. The molecule has 0 unspecified atom stereocenters. The first-order valence-corrected chi connectivity index (χ1v) is 7.02. The maximum atomic E-state index is 5.68. The molecule has 19 heavy (non-hydrogen) atoms. The number of nitrogen functional groups attached to an aromatic ring is 1. The highest BCUT2D eigenvalue weighted by Gasteiger charge is 2.08. The van der Waals surface area contributed by atoms with Crippen LogP contribution in [0.1, 0.15) is 25.3 Å². The Kier molecular flexibility index (Phi) is 4.74. The summed E-state index contributed by atoms with van der Waals surface area (Å²) >= 11 is 3.31. The maximum absolute atomic E-state index is 5.68. The molecule has 2 rings (SSSR count). The number of benzene rings is 1. The number of nitrogens with zero attached hydrogens (tertiary/aromatic N) is 2. The molecule has 2 aromatic rings. The summed E-state index contributed by atoms with van der Waals surface area (Å²) in [5.74, 6) is 1.53. The molecule has 1 aromatic carbocycles. The lowest BCUT2D eigenvalue weighted by Gasteiger charge is -2.08. The number of anilines is 1. The minimum absolute atomic E-state index is 0.365. The predicted molar refractivity (Wildman–Crippen MR) is 79.3 cm³/mol. The van der Waals surface area contributed by atoms with E-state index < -0.39 is 0 Å². The van der Waals surface area contributed by atoms with Gasteiger partial charge in [-0.3, -0.25) is 0 Å². The summed E-state index contributed by atoms with van der Waals surface area (Å²) in [6, 6.07) is 8.03. The molecule has 0 aliphatic heterocycles. The van der Waals surface area contributed by atoms with Crippen LogP contribution in [-0.4, -0.2) is 9.97 Å². The normalized spacial score (nSPS) is 10.4. The van der Waals surface area contributed by atoms with Gasteiger partial charge in [0.25, 0.3) is 0 Å². The first kappa shape index (κ1) is 13.8. The Morgan fingerprint density at radius 3 is 2.63 bits per heavy atom. The number of hydrogen-bond acceptors (Lipinski definition) is 4. The molecule has 1 aromatic heterocycles. The van der Waals surface area contributed by atoms with Crippen molar-refractivity contribution in [2.24, 2.45) is 0 Å². The SMILES string of the molecule is CCCCc1ccc(Oc2ncnc(N)c2Br)cc1. The van der Waals surface area contributed by atoms with Crippen LogP contribution in [0.15, 0.2) is 35.1 Å². The van der Waals surface area contributed by atoms with Gasteiger partial charge in [-0.05, 0) is 46.5 Å². The number of ether oxygens (including phenoxy) is 1. The molecular weight excluding hydrogens is 306 g/mol. The Bertz CT molecular complexity index is 543. The molecule has 0 saturated carbocycles. The highest BCUT2D eigenvalue weighted by molar-refractivity contribution is 9.10. The predicted octanol–water partition coefficient (Wildman–Crippen LogP) is 3.96. The summed E-state index contributed by atoms with van der Waals surface area (Å²) in [7, 11) is 0. The summed E-state index contributed by atoms with van der Waals surface area (Å²) in [5.41, 5.74) is 6.99. The Morgan fingerprint density at radius 2 is 1.95 bits per heavy atom. The number of halogens is 1. The second kappa shape index (κ2) is 6.52. The molecule has 0 atom stereocenters. The van der Waals surface area contributed by atoms with Crippen LogP contribution >= 0.6 is 15.9 Å². The smallest absolute Gasteiger partial charge is 0.238 e. The number of unbranched alkanes of at least 4 members (excludes halogenated alkanes) is 1. The fourth-order valence-electron chi connectivity index (χ4n) is 1.65. The van der Waals surface area contributed by atoms with E-state index in [1.54, 1.807) is 0 Å². The Morgan fingerprint density at radius 1 is 1.21 bits per heavy atom. The van der Waals surface area contributed by atoms with Crippen molar-refractivity contribution >= 4 is 21.7 Å². The Labute approximate surface area is 121 Å². The van der Waals surface area contributed by atoms with Gasteiger partial charge in [0, 0.05) is 0 Å². The summed E-state index contributed by atoms with van der Waals surface area (Å²) in [4.78, 5) is 7.91. The third-order valence-electron chi connectivity index (χ3n) is 2.74. The van der Waals surface area contributed by atoms with E-state index in [-0.39, 0.29) is 0 Å². The molecule has 0 fully saturated rings. The molecule has 0 aliphatic carbocycles. The fraction of sp³-hybridized carbons (Fsp3) is 0.286. The average Bonchev–Trinajstić information content (AvgIpc) is 2.43. The zero-order valence-electron chi connectivity index (χ0n) is 10.8. The van der Waals surface area contributed by atoms with Crippen molar-refractivity contribution < 1.29 is 4.74 Å². The molecule has 5 heteroatoms. The van der Waals surface area contributed by atoms with Crippen LogP contribution < -0.4 is 10.5 Å². The summed E-state index contributed by atoms with van der Waals surface area (Å²) in [6.07, 6.45) is 4.88. The van der Waals surface area contributed by atoms with Crippen molar-refractivity contribution in [3.63, 3.8) is 0 Å². The molecule has 0 bridgehead atoms. The van der Waals surface area contributed by atoms with Crippen molar-refractivity contribution in [2.75, 3.05) is 5.73 Å². The summed E-state index contributed by atoms with van der Waals surface area (Å²) in [6.45, 7) is 2.19. The quantitative estimate of drug-likeness (QED) is 0.905. The molecule has 0 amide bonds. The van der Waals surface area contributed by atoms with Gasteiger partial charge in [0.05, 0.1) is 0 Å². The van der Waals surface area contributed by atoms with Crippen LogP contribution in [-0.2, 0) is 6.42 Å². The van der Waals surface area contributed by atoms with Crippen LogP contribution in [0.25, 0.3) is 0 Å². The third kappa shape index (κ3) is 3.67. The molecule has 1 heterocycles. The highest BCUT2D eigenvalue weighted by atomic mass is 79.9. The number of hydrogen-bond donors (Lipinski definition) is 1. The van der Waals surface area contributed by atoms with E-state index in [4.69, 9.17) is 10.5 Å². The van der Waals surface area contributed by atoms with Gasteiger partial charge in [-0.25, -0.2) is 9.97 Å². The van der Waals surface area contributed by atoms with Gasteiger partial charge in [-0.1, -0.05) is 25.5 Å². The lowest BCUT2D eigenvalue weighted by molar-refractivity contribution is 0.458. The minimum Gasteiger partial charge on any atom is -0.438 e. The fourth-order valence-corrected chi connectivity index (χ4v) is 1.94. The lowest BCUT2D eigenvalue weighted by atomic mass is 10.1. The topological polar surface area (TPSA) is 61.0 Å². The van der Waals surface area contributed by atoms with Crippen molar-refractivity contribution in [3.8, 4) is 11.6 Å². The van der Waals surface area contributed by atoms with Gasteiger partial charge >= 0.3 is 0 Å². The van der Waals surface area contributed by atoms with Gasteiger partial charge in [0.1, 0.15) is 22.4 Å². The van der Waals surface area contributed by atoms with E-state index in [1.807, 2.05) is 12.1 Å². The Hall–Kier alpha value is -1.62. The van der Waals surface area contributed by atoms with Crippen molar-refractivity contribution in [3.05, 3.63) is 40.6 Å². The van der Waals surface area contributed by atoms with Gasteiger partial charge in [-0.15, -0.1) is 0 Å². The molecular formula is C14H16BrN3O.